The van der Waals surface area contributed by atoms with Crippen LogP contribution >= 0.6 is 0 Å². The Kier molecular flexibility index (Phi) is 3.79. The third-order valence-corrected chi connectivity index (χ3v) is 5.67. The van der Waals surface area contributed by atoms with Gasteiger partial charge in [0, 0.05) is 0 Å². The Bertz CT molecular complexity index is 520. The molecule has 0 spiro atoms. The minimum atomic E-state index is -0.567. The van der Waals surface area contributed by atoms with Crippen molar-refractivity contribution in [2.24, 2.45) is 22.7 Å². The largest absolute Gasteiger partial charge is 0.455 e. The molecule has 5 heteroatoms. The average Bonchev–Trinajstić information content (AvgIpc) is 3.00. The van der Waals surface area contributed by atoms with Crippen LogP contribution in [-0.2, 0) is 23.8 Å². The fraction of sp³-hybridized carbons (Fsp3) is 0.889. The number of ether oxygens (including phenoxy) is 3. The molecule has 3 heterocycles. The molecule has 3 fully saturated rings. The molecule has 23 heavy (non-hydrogen) atoms. The van der Waals surface area contributed by atoms with E-state index in [1.807, 2.05) is 6.92 Å². The monoisotopic (exact) mass is 324 g/mol. The van der Waals surface area contributed by atoms with Gasteiger partial charge >= 0.3 is 11.9 Å². The third-order valence-electron chi connectivity index (χ3n) is 5.67. The molecule has 3 aliphatic rings. The van der Waals surface area contributed by atoms with Gasteiger partial charge in [-0.25, -0.2) is 0 Å². The molecule has 3 aliphatic heterocycles. The van der Waals surface area contributed by atoms with E-state index in [9.17, 15) is 9.59 Å². The van der Waals surface area contributed by atoms with E-state index in [2.05, 4.69) is 34.6 Å². The van der Waals surface area contributed by atoms with Gasteiger partial charge in [-0.1, -0.05) is 34.6 Å². The maximum atomic E-state index is 13.0. The minimum Gasteiger partial charge on any atom is -0.455 e. The van der Waals surface area contributed by atoms with E-state index in [1.54, 1.807) is 0 Å². The van der Waals surface area contributed by atoms with E-state index in [1.165, 1.54) is 0 Å². The molecule has 0 aromatic carbocycles. The number of fused-ring (bicyclic) bond motifs is 1. The molecule has 0 saturated carbocycles. The summed E-state index contributed by atoms with van der Waals surface area (Å²) < 4.78 is 17.0. The lowest BCUT2D eigenvalue weighted by atomic mass is 9.68. The SMILES string of the molecule is CC(C)C(C)(CC(C)(C)C)C(=O)OC1C2CC3C(=O)OC1C3O2. The van der Waals surface area contributed by atoms with E-state index >= 15 is 0 Å². The molecule has 5 nitrogen and oxygen atoms in total. The molecule has 6 atom stereocenters. The van der Waals surface area contributed by atoms with Gasteiger partial charge < -0.3 is 14.2 Å². The van der Waals surface area contributed by atoms with E-state index in [-0.39, 0.29) is 41.4 Å². The zero-order valence-corrected chi connectivity index (χ0v) is 14.9. The summed E-state index contributed by atoms with van der Waals surface area (Å²) in [5.74, 6) is -0.413. The number of hydrogen-bond donors (Lipinski definition) is 0. The Labute approximate surface area is 138 Å². The lowest BCUT2D eigenvalue weighted by Gasteiger charge is -2.38. The van der Waals surface area contributed by atoms with Crippen molar-refractivity contribution in [2.75, 3.05) is 0 Å². The van der Waals surface area contributed by atoms with Crippen molar-refractivity contribution < 1.29 is 23.8 Å². The van der Waals surface area contributed by atoms with Crippen LogP contribution in [0.15, 0.2) is 0 Å². The maximum Gasteiger partial charge on any atom is 0.312 e. The van der Waals surface area contributed by atoms with Crippen LogP contribution in [0.25, 0.3) is 0 Å². The molecule has 0 aliphatic carbocycles. The van der Waals surface area contributed by atoms with Gasteiger partial charge in [-0.15, -0.1) is 0 Å². The number of carbonyl (C=O) groups is 2. The van der Waals surface area contributed by atoms with E-state index in [0.29, 0.717) is 6.42 Å². The summed E-state index contributed by atoms with van der Waals surface area (Å²) in [5, 5.41) is 0. The second-order valence-corrected chi connectivity index (χ2v) is 9.06. The molecule has 0 amide bonds. The van der Waals surface area contributed by atoms with Gasteiger partial charge in [-0.05, 0) is 31.1 Å². The molecule has 3 rings (SSSR count). The number of rotatable bonds is 4. The minimum absolute atomic E-state index is 0.0220. The summed E-state index contributed by atoms with van der Waals surface area (Å²) in [6.07, 6.45) is 0.0603. The second kappa shape index (κ2) is 5.20. The summed E-state index contributed by atoms with van der Waals surface area (Å²) in [6, 6.07) is 0. The number of carbonyl (C=O) groups excluding carboxylic acids is 2. The van der Waals surface area contributed by atoms with Crippen LogP contribution < -0.4 is 0 Å². The standard InChI is InChI=1S/C18H28O5/c1-9(2)18(6,8-17(3,4)5)16(20)23-13-11-7-10-12(21-11)14(13)22-15(10)19/h9-14H,7-8H2,1-6H3. The maximum absolute atomic E-state index is 13.0. The average molecular weight is 324 g/mol. The fourth-order valence-corrected chi connectivity index (χ4v) is 4.25. The summed E-state index contributed by atoms with van der Waals surface area (Å²) in [7, 11) is 0. The molecule has 130 valence electrons. The topological polar surface area (TPSA) is 61.8 Å². The first kappa shape index (κ1) is 16.7. The van der Waals surface area contributed by atoms with Crippen LogP contribution in [0.3, 0.4) is 0 Å². The molecule has 0 aromatic heterocycles. The third kappa shape index (κ3) is 2.67. The van der Waals surface area contributed by atoms with Gasteiger partial charge in [0.1, 0.15) is 6.10 Å². The summed E-state index contributed by atoms with van der Waals surface area (Å²) in [6.45, 7) is 12.5. The highest BCUT2D eigenvalue weighted by molar-refractivity contribution is 5.79. The normalized spacial score (nSPS) is 37.9. The Balaban J connectivity index is 1.74. The smallest absolute Gasteiger partial charge is 0.312 e. The predicted molar refractivity (Wildman–Crippen MR) is 83.5 cm³/mol. The first-order chi connectivity index (χ1) is 10.5. The van der Waals surface area contributed by atoms with Crippen molar-refractivity contribution in [3.8, 4) is 0 Å². The first-order valence-electron chi connectivity index (χ1n) is 8.60. The lowest BCUT2D eigenvalue weighted by molar-refractivity contribution is -0.174. The van der Waals surface area contributed by atoms with Crippen molar-refractivity contribution in [2.45, 2.75) is 78.8 Å². The van der Waals surface area contributed by atoms with Crippen LogP contribution in [0.5, 0.6) is 0 Å². The van der Waals surface area contributed by atoms with Gasteiger partial charge in [0.05, 0.1) is 17.4 Å². The molecule has 3 saturated heterocycles. The van der Waals surface area contributed by atoms with Gasteiger partial charge in [0.2, 0.25) is 0 Å². The Morgan fingerprint density at radius 1 is 1.26 bits per heavy atom. The Morgan fingerprint density at radius 3 is 2.48 bits per heavy atom. The first-order valence-corrected chi connectivity index (χ1v) is 8.60. The predicted octanol–water partition coefficient (Wildman–Crippen LogP) is 2.71. The molecular formula is C18H28O5. The lowest BCUT2D eigenvalue weighted by Crippen LogP contribution is -2.45. The molecule has 0 radical (unpaired) electrons. The van der Waals surface area contributed by atoms with Gasteiger partial charge in [-0.3, -0.25) is 9.59 Å². The Hall–Kier alpha value is -1.10. The highest BCUT2D eigenvalue weighted by Gasteiger charge is 2.65. The van der Waals surface area contributed by atoms with Gasteiger partial charge in [0.15, 0.2) is 12.2 Å². The number of hydrogen-bond acceptors (Lipinski definition) is 5. The van der Waals surface area contributed by atoms with Crippen molar-refractivity contribution in [3.05, 3.63) is 0 Å². The summed E-state index contributed by atoms with van der Waals surface area (Å²) in [4.78, 5) is 24.7. The van der Waals surface area contributed by atoms with Crippen LogP contribution in [0.2, 0.25) is 0 Å². The quantitative estimate of drug-likeness (QED) is 0.744. The second-order valence-electron chi connectivity index (χ2n) is 9.06. The molecule has 0 N–H and O–H groups in total. The van der Waals surface area contributed by atoms with Crippen LogP contribution in [0.4, 0.5) is 0 Å². The zero-order chi connectivity index (χ0) is 17.2. The fourth-order valence-electron chi connectivity index (χ4n) is 4.25. The van der Waals surface area contributed by atoms with Crippen LogP contribution in [-0.4, -0.2) is 36.4 Å². The van der Waals surface area contributed by atoms with Crippen LogP contribution in [0.1, 0.15) is 54.4 Å². The van der Waals surface area contributed by atoms with E-state index in [0.717, 1.165) is 6.42 Å². The zero-order valence-electron chi connectivity index (χ0n) is 14.9. The van der Waals surface area contributed by atoms with Crippen molar-refractivity contribution in [1.82, 2.24) is 0 Å². The highest BCUT2D eigenvalue weighted by Crippen LogP contribution is 2.49. The number of esters is 2. The molecule has 6 unspecified atom stereocenters. The van der Waals surface area contributed by atoms with E-state index in [4.69, 9.17) is 14.2 Å². The van der Waals surface area contributed by atoms with Crippen molar-refractivity contribution >= 4 is 11.9 Å². The van der Waals surface area contributed by atoms with Gasteiger partial charge in [-0.2, -0.15) is 0 Å². The van der Waals surface area contributed by atoms with Crippen molar-refractivity contribution in [1.29, 1.82) is 0 Å². The van der Waals surface area contributed by atoms with E-state index < -0.39 is 17.6 Å². The van der Waals surface area contributed by atoms with Crippen molar-refractivity contribution in [3.63, 3.8) is 0 Å². The highest BCUT2D eigenvalue weighted by atomic mass is 16.7. The van der Waals surface area contributed by atoms with Crippen LogP contribution in [0, 0.1) is 22.7 Å². The summed E-state index contributed by atoms with van der Waals surface area (Å²) in [5.41, 5.74) is -0.545. The molecular weight excluding hydrogens is 296 g/mol. The Morgan fingerprint density at radius 2 is 1.91 bits per heavy atom. The van der Waals surface area contributed by atoms with Gasteiger partial charge in [0.25, 0.3) is 0 Å². The summed E-state index contributed by atoms with van der Waals surface area (Å²) >= 11 is 0. The molecule has 0 aromatic rings. The molecule has 2 bridgehead atoms.